The number of hydrogen-bond donors (Lipinski definition) is 0. The third kappa shape index (κ3) is 6.65. The van der Waals surface area contributed by atoms with Crippen molar-refractivity contribution in [2.45, 2.75) is 97.3 Å². The van der Waals surface area contributed by atoms with Crippen LogP contribution in [0.2, 0.25) is 0 Å². The van der Waals surface area contributed by atoms with E-state index < -0.39 is 0 Å². The Balaban J connectivity index is 0.00000240. The van der Waals surface area contributed by atoms with Gasteiger partial charge in [0.2, 0.25) is 0 Å². The van der Waals surface area contributed by atoms with Crippen molar-refractivity contribution < 1.29 is 32.7 Å². The molecule has 0 saturated heterocycles. The zero-order chi connectivity index (χ0) is 19.5. The Morgan fingerprint density at radius 2 is 1.24 bits per heavy atom. The van der Waals surface area contributed by atoms with Gasteiger partial charge in [0.15, 0.2) is 0 Å². The van der Waals surface area contributed by atoms with Crippen molar-refractivity contribution in [1.82, 2.24) is 0 Å². The Morgan fingerprint density at radius 3 is 1.79 bits per heavy atom. The van der Waals surface area contributed by atoms with Gasteiger partial charge in [-0.3, -0.25) is 0 Å². The minimum atomic E-state index is 0. The summed E-state index contributed by atoms with van der Waals surface area (Å²) >= 11 is 0. The third-order valence-electron chi connectivity index (χ3n) is 8.56. The predicted octanol–water partition coefficient (Wildman–Crippen LogP) is 8.21. The van der Waals surface area contributed by atoms with Crippen LogP contribution >= 0.6 is 0 Å². The Bertz CT molecular complexity index is 579. The molecule has 2 atom stereocenters. The van der Waals surface area contributed by atoms with Crippen molar-refractivity contribution in [3.63, 3.8) is 0 Å². The zero-order valence-electron chi connectivity index (χ0n) is 19.3. The average molecular weight is 469 g/mol. The van der Waals surface area contributed by atoms with Crippen molar-refractivity contribution in [3.8, 4) is 0 Å². The van der Waals surface area contributed by atoms with Gasteiger partial charge in [-0.15, -0.1) is 0 Å². The van der Waals surface area contributed by atoms with Gasteiger partial charge < -0.3 is 6.42 Å². The van der Waals surface area contributed by atoms with Gasteiger partial charge in [0.05, 0.1) is 0 Å². The first kappa shape index (κ1) is 24.0. The van der Waals surface area contributed by atoms with Crippen molar-refractivity contribution in [2.24, 2.45) is 35.5 Å². The molecule has 1 heteroatoms. The van der Waals surface area contributed by atoms with Crippen molar-refractivity contribution in [2.75, 3.05) is 0 Å². The van der Waals surface area contributed by atoms with Crippen molar-refractivity contribution in [1.29, 1.82) is 0 Å². The Hall–Kier alpha value is 0.324. The minimum absolute atomic E-state index is 0. The maximum absolute atomic E-state index is 2.55. The van der Waals surface area contributed by atoms with Crippen molar-refractivity contribution in [3.05, 3.63) is 41.8 Å². The Labute approximate surface area is 206 Å². The van der Waals surface area contributed by atoms with Crippen LogP contribution in [0.3, 0.4) is 0 Å². The fraction of sp³-hybridized carbons (Fsp3) is 0.750. The molecule has 3 aliphatic carbocycles. The second-order valence-corrected chi connectivity index (χ2v) is 11.1. The summed E-state index contributed by atoms with van der Waals surface area (Å²) in [6.45, 7) is 7.23. The molecule has 3 saturated carbocycles. The summed E-state index contributed by atoms with van der Waals surface area (Å²) in [4.78, 5) is 0. The quantitative estimate of drug-likeness (QED) is 0.391. The van der Waals surface area contributed by atoms with Gasteiger partial charge >= 0.3 is 0 Å². The molecule has 2 unspecified atom stereocenters. The molecule has 1 radical (unpaired) electrons. The maximum Gasteiger partial charge on any atom is 0 e. The van der Waals surface area contributed by atoms with Gasteiger partial charge in [-0.2, -0.15) is 11.8 Å². The smallest absolute Gasteiger partial charge is 0 e. The minimum Gasteiger partial charge on any atom is -0.323 e. The summed E-state index contributed by atoms with van der Waals surface area (Å²) < 4.78 is 0. The number of rotatable bonds is 4. The third-order valence-corrected chi connectivity index (χ3v) is 8.56. The Morgan fingerprint density at radius 1 is 0.724 bits per heavy atom. The SMILES string of the molecule is CC1[CH-]C(C)CC(c2ccc(CC3CCC(C4CCC(C)CC4)CC3)cc2)C1.[Y]. The molecule has 159 valence electrons. The van der Waals surface area contributed by atoms with Gasteiger partial charge in [0.25, 0.3) is 0 Å². The van der Waals surface area contributed by atoms with E-state index in [1.54, 1.807) is 11.1 Å². The maximum atomic E-state index is 2.55. The summed E-state index contributed by atoms with van der Waals surface area (Å²) in [6, 6.07) is 9.83. The number of benzene rings is 1. The van der Waals surface area contributed by atoms with Gasteiger partial charge in [0.1, 0.15) is 0 Å². The average Bonchev–Trinajstić information content (AvgIpc) is 2.69. The molecular formula is C28H43Y-. The van der Waals surface area contributed by atoms with Crippen LogP contribution in [0.1, 0.15) is 102 Å². The zero-order valence-corrected chi connectivity index (χ0v) is 22.1. The molecule has 3 fully saturated rings. The first-order valence-corrected chi connectivity index (χ1v) is 12.5. The molecule has 3 aliphatic rings. The first-order valence-electron chi connectivity index (χ1n) is 12.5. The standard InChI is InChI=1S/C28H43.Y/c1-20-4-10-25(11-5-20)26-12-6-23(7-13-26)19-24-8-14-27(15-9-24)28-17-21(2)16-22(3)18-28;/h8-9,14-16,20-23,25-26,28H,4-7,10-13,17-19H2,1-3H3;/q-1;. The molecule has 0 nitrogen and oxygen atoms in total. The molecule has 1 aromatic rings. The second-order valence-electron chi connectivity index (χ2n) is 11.1. The molecule has 1 aromatic carbocycles. The van der Waals surface area contributed by atoms with Crippen LogP contribution in [0.5, 0.6) is 0 Å². The van der Waals surface area contributed by atoms with Gasteiger partial charge in [0, 0.05) is 32.7 Å². The van der Waals surface area contributed by atoms with Gasteiger partial charge in [-0.1, -0.05) is 70.7 Å². The fourth-order valence-corrected chi connectivity index (χ4v) is 6.86. The summed E-state index contributed by atoms with van der Waals surface area (Å²) in [7, 11) is 0. The molecule has 0 amide bonds. The first-order chi connectivity index (χ1) is 13.6. The predicted molar refractivity (Wildman–Crippen MR) is 121 cm³/mol. The molecule has 0 aliphatic heterocycles. The van der Waals surface area contributed by atoms with Crippen LogP contribution in [0.15, 0.2) is 24.3 Å². The second kappa shape index (κ2) is 11.3. The van der Waals surface area contributed by atoms with Crippen molar-refractivity contribution >= 4 is 0 Å². The largest absolute Gasteiger partial charge is 0.323 e. The van der Waals surface area contributed by atoms with Crippen LogP contribution in [-0.4, -0.2) is 0 Å². The van der Waals surface area contributed by atoms with E-state index in [1.165, 1.54) is 70.6 Å². The summed E-state index contributed by atoms with van der Waals surface area (Å²) in [6.07, 6.45) is 18.6. The topological polar surface area (TPSA) is 0 Å². The van der Waals surface area contributed by atoms with E-state index in [4.69, 9.17) is 0 Å². The van der Waals surface area contributed by atoms with E-state index in [9.17, 15) is 0 Å². The molecule has 4 rings (SSSR count). The van der Waals surface area contributed by atoms with Crippen LogP contribution in [0.4, 0.5) is 0 Å². The molecule has 0 aromatic heterocycles. The summed E-state index contributed by atoms with van der Waals surface area (Å²) in [5.41, 5.74) is 3.17. The van der Waals surface area contributed by atoms with Gasteiger partial charge in [-0.05, 0) is 85.7 Å². The van der Waals surface area contributed by atoms with E-state index >= 15 is 0 Å². The molecule has 0 bridgehead atoms. The molecule has 29 heavy (non-hydrogen) atoms. The van der Waals surface area contributed by atoms with E-state index in [0.717, 1.165) is 41.4 Å². The molecule has 0 heterocycles. The Kier molecular flexibility index (Phi) is 9.31. The van der Waals surface area contributed by atoms with E-state index in [0.29, 0.717) is 0 Å². The summed E-state index contributed by atoms with van der Waals surface area (Å²) in [5, 5.41) is 0. The van der Waals surface area contributed by atoms with Crippen LogP contribution in [0.25, 0.3) is 0 Å². The molecule has 0 spiro atoms. The van der Waals surface area contributed by atoms with E-state index in [1.807, 2.05) is 0 Å². The molecule has 0 N–H and O–H groups in total. The van der Waals surface area contributed by atoms with Crippen LogP contribution in [-0.2, 0) is 39.1 Å². The van der Waals surface area contributed by atoms with E-state index in [2.05, 4.69) is 51.5 Å². The van der Waals surface area contributed by atoms with Crippen LogP contribution < -0.4 is 0 Å². The normalized spacial score (nSPS) is 38.2. The van der Waals surface area contributed by atoms with Gasteiger partial charge in [-0.25, -0.2) is 0 Å². The summed E-state index contributed by atoms with van der Waals surface area (Å²) in [5.74, 6) is 6.37. The molecular weight excluding hydrogens is 425 g/mol. The van der Waals surface area contributed by atoms with Crippen LogP contribution in [0, 0.1) is 41.9 Å². The monoisotopic (exact) mass is 468 g/mol. The van der Waals surface area contributed by atoms with E-state index in [-0.39, 0.29) is 32.7 Å². The number of hydrogen-bond acceptors (Lipinski definition) is 0. The fourth-order valence-electron chi connectivity index (χ4n) is 6.86.